The van der Waals surface area contributed by atoms with Gasteiger partial charge in [0.15, 0.2) is 0 Å². The van der Waals surface area contributed by atoms with Gasteiger partial charge in [-0.3, -0.25) is 4.98 Å². The molecule has 1 aromatic heterocycles. The molecule has 1 N–H and O–H groups in total. The maximum absolute atomic E-state index is 12.0. The second kappa shape index (κ2) is 5.77. The van der Waals surface area contributed by atoms with Crippen molar-refractivity contribution >= 4 is 32.6 Å². The van der Waals surface area contributed by atoms with Gasteiger partial charge in [-0.25, -0.2) is 13.1 Å². The fraction of sp³-hybridized carbons (Fsp3) is 0.0833. The fourth-order valence-electron chi connectivity index (χ4n) is 1.37. The third-order valence-corrected chi connectivity index (χ3v) is 4.43. The van der Waals surface area contributed by atoms with Crippen molar-refractivity contribution < 1.29 is 8.42 Å². The number of nitrogens with zero attached hydrogens (tertiary/aromatic N) is 1. The first kappa shape index (κ1) is 13.4. The standard InChI is InChI=1S/C12H11IN2O2S/c13-10-4-6-12(7-5-10)18(16,17)15-9-11-3-1-2-8-14-11/h1-8,15H,9H2. The van der Waals surface area contributed by atoms with Gasteiger partial charge in [-0.05, 0) is 59.0 Å². The van der Waals surface area contributed by atoms with E-state index in [1.165, 1.54) is 0 Å². The van der Waals surface area contributed by atoms with E-state index in [1.807, 2.05) is 6.07 Å². The molecule has 94 valence electrons. The molecule has 0 unspecified atom stereocenters. The lowest BCUT2D eigenvalue weighted by Gasteiger charge is -2.06. The lowest BCUT2D eigenvalue weighted by molar-refractivity contribution is 0.580. The van der Waals surface area contributed by atoms with Crippen LogP contribution in [0.1, 0.15) is 5.69 Å². The summed E-state index contributed by atoms with van der Waals surface area (Å²) in [5.74, 6) is 0. The second-order valence-electron chi connectivity index (χ2n) is 3.60. The number of aromatic nitrogens is 1. The molecule has 1 heterocycles. The smallest absolute Gasteiger partial charge is 0.240 e. The fourth-order valence-corrected chi connectivity index (χ4v) is 2.73. The van der Waals surface area contributed by atoms with Gasteiger partial charge in [0, 0.05) is 9.77 Å². The molecule has 6 heteroatoms. The molecule has 0 aliphatic rings. The molecule has 1 aromatic carbocycles. The Morgan fingerprint density at radius 3 is 2.44 bits per heavy atom. The van der Waals surface area contributed by atoms with Crippen molar-refractivity contribution in [1.29, 1.82) is 0 Å². The van der Waals surface area contributed by atoms with E-state index in [2.05, 4.69) is 32.3 Å². The van der Waals surface area contributed by atoms with Gasteiger partial charge in [-0.1, -0.05) is 6.07 Å². The molecular formula is C12H11IN2O2S. The summed E-state index contributed by atoms with van der Waals surface area (Å²) in [5.41, 5.74) is 0.687. The van der Waals surface area contributed by atoms with Gasteiger partial charge < -0.3 is 0 Å². The summed E-state index contributed by atoms with van der Waals surface area (Å²) >= 11 is 2.13. The summed E-state index contributed by atoms with van der Waals surface area (Å²) in [6, 6.07) is 12.1. The van der Waals surface area contributed by atoms with Gasteiger partial charge in [-0.15, -0.1) is 0 Å². The number of sulfonamides is 1. The summed E-state index contributed by atoms with van der Waals surface area (Å²) in [5, 5.41) is 0. The van der Waals surface area contributed by atoms with Crippen LogP contribution in [0.15, 0.2) is 53.6 Å². The van der Waals surface area contributed by atoms with E-state index in [9.17, 15) is 8.42 Å². The van der Waals surface area contributed by atoms with Gasteiger partial charge in [0.05, 0.1) is 17.1 Å². The van der Waals surface area contributed by atoms with Crippen molar-refractivity contribution in [2.75, 3.05) is 0 Å². The number of benzene rings is 1. The number of halogens is 1. The first-order valence-corrected chi connectivity index (χ1v) is 7.79. The Bertz CT molecular complexity index is 612. The number of rotatable bonds is 4. The Morgan fingerprint density at radius 1 is 1.11 bits per heavy atom. The molecule has 0 fully saturated rings. The first-order chi connectivity index (χ1) is 8.58. The van der Waals surface area contributed by atoms with Crippen LogP contribution in [-0.4, -0.2) is 13.4 Å². The van der Waals surface area contributed by atoms with Crippen LogP contribution >= 0.6 is 22.6 Å². The minimum absolute atomic E-state index is 0.190. The molecule has 4 nitrogen and oxygen atoms in total. The molecule has 0 saturated carbocycles. The first-order valence-electron chi connectivity index (χ1n) is 5.23. The predicted octanol–water partition coefficient (Wildman–Crippen LogP) is 2.16. The topological polar surface area (TPSA) is 59.1 Å². The molecule has 0 spiro atoms. The molecule has 0 bridgehead atoms. The molecule has 0 radical (unpaired) electrons. The van der Waals surface area contributed by atoms with Crippen LogP contribution in [0.2, 0.25) is 0 Å². The van der Waals surface area contributed by atoms with Crippen LogP contribution < -0.4 is 4.72 Å². The van der Waals surface area contributed by atoms with Gasteiger partial charge in [-0.2, -0.15) is 0 Å². The van der Waals surface area contributed by atoms with Crippen molar-refractivity contribution in [3.05, 3.63) is 57.9 Å². The van der Waals surface area contributed by atoms with Crippen molar-refractivity contribution in [2.24, 2.45) is 0 Å². The molecule has 2 aromatic rings. The van der Waals surface area contributed by atoms with E-state index < -0.39 is 10.0 Å². The largest absolute Gasteiger partial charge is 0.260 e. The highest BCUT2D eigenvalue weighted by Gasteiger charge is 2.13. The zero-order valence-corrected chi connectivity index (χ0v) is 12.3. The maximum atomic E-state index is 12.0. The van der Waals surface area contributed by atoms with Crippen LogP contribution in [0.25, 0.3) is 0 Å². The Labute approximate surface area is 120 Å². The van der Waals surface area contributed by atoms with Crippen LogP contribution in [0.3, 0.4) is 0 Å². The average Bonchev–Trinajstić information content (AvgIpc) is 2.38. The van der Waals surface area contributed by atoms with Crippen molar-refractivity contribution in [2.45, 2.75) is 11.4 Å². The maximum Gasteiger partial charge on any atom is 0.240 e. The van der Waals surface area contributed by atoms with Gasteiger partial charge >= 0.3 is 0 Å². The normalized spacial score (nSPS) is 11.4. The SMILES string of the molecule is O=S(=O)(NCc1ccccn1)c1ccc(I)cc1. The second-order valence-corrected chi connectivity index (χ2v) is 6.61. The highest BCUT2D eigenvalue weighted by atomic mass is 127. The summed E-state index contributed by atoms with van der Waals surface area (Å²) in [4.78, 5) is 4.32. The highest BCUT2D eigenvalue weighted by Crippen LogP contribution is 2.12. The number of hydrogen-bond donors (Lipinski definition) is 1. The van der Waals surface area contributed by atoms with Crippen LogP contribution in [0.5, 0.6) is 0 Å². The monoisotopic (exact) mass is 374 g/mol. The highest BCUT2D eigenvalue weighted by molar-refractivity contribution is 14.1. The zero-order chi connectivity index (χ0) is 13.0. The number of nitrogens with one attached hydrogen (secondary N) is 1. The summed E-state index contributed by atoms with van der Waals surface area (Å²) in [7, 11) is -3.47. The minimum Gasteiger partial charge on any atom is -0.260 e. The Kier molecular flexibility index (Phi) is 4.31. The lowest BCUT2D eigenvalue weighted by atomic mass is 10.4. The Morgan fingerprint density at radius 2 is 1.83 bits per heavy atom. The van der Waals surface area contributed by atoms with E-state index >= 15 is 0 Å². The molecule has 0 amide bonds. The minimum atomic E-state index is -3.47. The van der Waals surface area contributed by atoms with Crippen molar-refractivity contribution in [3.8, 4) is 0 Å². The molecule has 0 atom stereocenters. The van der Waals surface area contributed by atoms with Crippen LogP contribution in [0.4, 0.5) is 0 Å². The molecule has 0 saturated heterocycles. The van der Waals surface area contributed by atoms with E-state index in [1.54, 1.807) is 42.6 Å². The van der Waals surface area contributed by atoms with E-state index in [0.717, 1.165) is 3.57 Å². The average molecular weight is 374 g/mol. The van der Waals surface area contributed by atoms with Crippen molar-refractivity contribution in [3.63, 3.8) is 0 Å². The summed E-state index contributed by atoms with van der Waals surface area (Å²) < 4.78 is 27.5. The summed E-state index contributed by atoms with van der Waals surface area (Å²) in [6.07, 6.45) is 1.63. The van der Waals surface area contributed by atoms with E-state index in [0.29, 0.717) is 5.69 Å². The molecule has 0 aliphatic carbocycles. The zero-order valence-electron chi connectivity index (χ0n) is 9.38. The van der Waals surface area contributed by atoms with Crippen LogP contribution in [-0.2, 0) is 16.6 Å². The van der Waals surface area contributed by atoms with E-state index in [4.69, 9.17) is 0 Å². The summed E-state index contributed by atoms with van der Waals surface area (Å²) in [6.45, 7) is 0.190. The Hall–Kier alpha value is -0.990. The Balaban J connectivity index is 2.11. The number of hydrogen-bond acceptors (Lipinski definition) is 3. The van der Waals surface area contributed by atoms with Crippen molar-refractivity contribution in [1.82, 2.24) is 9.71 Å². The lowest BCUT2D eigenvalue weighted by Crippen LogP contribution is -2.23. The van der Waals surface area contributed by atoms with Gasteiger partial charge in [0.25, 0.3) is 0 Å². The molecule has 0 aliphatic heterocycles. The molecule has 18 heavy (non-hydrogen) atoms. The van der Waals surface area contributed by atoms with Crippen LogP contribution in [0, 0.1) is 3.57 Å². The number of pyridine rings is 1. The van der Waals surface area contributed by atoms with E-state index in [-0.39, 0.29) is 11.4 Å². The third-order valence-electron chi connectivity index (χ3n) is 2.29. The quantitative estimate of drug-likeness (QED) is 0.835. The molecular weight excluding hydrogens is 363 g/mol. The van der Waals surface area contributed by atoms with Gasteiger partial charge in [0.1, 0.15) is 0 Å². The molecule has 2 rings (SSSR count). The third kappa shape index (κ3) is 3.50. The predicted molar refractivity (Wildman–Crippen MR) is 77.4 cm³/mol. The van der Waals surface area contributed by atoms with Gasteiger partial charge in [0.2, 0.25) is 10.0 Å².